The van der Waals surface area contributed by atoms with Crippen molar-refractivity contribution in [2.45, 2.75) is 50.8 Å². The number of aliphatic hydroxyl groups excluding tert-OH is 1. The molecule has 21 heavy (non-hydrogen) atoms. The molecule has 2 N–H and O–H groups in total. The van der Waals surface area contributed by atoms with Gasteiger partial charge in [-0.05, 0) is 38.7 Å². The average molecular weight is 292 g/mol. The number of piperidine rings is 1. The van der Waals surface area contributed by atoms with E-state index >= 15 is 0 Å². The van der Waals surface area contributed by atoms with E-state index in [0.717, 1.165) is 19.4 Å². The molecule has 0 radical (unpaired) electrons. The van der Waals surface area contributed by atoms with Gasteiger partial charge in [0.05, 0.1) is 11.0 Å². The number of hydrogen-bond donors (Lipinski definition) is 2. The zero-order valence-corrected chi connectivity index (χ0v) is 12.0. The van der Waals surface area contributed by atoms with Crippen molar-refractivity contribution < 1.29 is 10.0 Å². The minimum atomic E-state index is -0.372. The van der Waals surface area contributed by atoms with Crippen LogP contribution in [0.15, 0.2) is 12.1 Å². The third-order valence-electron chi connectivity index (χ3n) is 4.36. The number of fused-ring (bicyclic) bond motifs is 2. The van der Waals surface area contributed by atoms with Crippen molar-refractivity contribution in [3.05, 3.63) is 22.2 Å². The molecule has 2 bridgehead atoms. The summed E-state index contributed by atoms with van der Waals surface area (Å²) in [6.45, 7) is 2.68. The van der Waals surface area contributed by atoms with Crippen LogP contribution >= 0.6 is 0 Å². The fourth-order valence-corrected chi connectivity index (χ4v) is 3.55. The second-order valence-electron chi connectivity index (χ2n) is 5.74. The molecule has 2 aliphatic heterocycles. The lowest BCUT2D eigenvalue weighted by atomic mass is 10.00. The van der Waals surface area contributed by atoms with Crippen molar-refractivity contribution in [2.75, 3.05) is 16.8 Å². The number of aliphatic hydroxyl groups is 1. The maximum absolute atomic E-state index is 11.3. The number of hydrogen-bond acceptors (Lipinski definition) is 6. The van der Waals surface area contributed by atoms with Gasteiger partial charge >= 0.3 is 5.69 Å². The predicted octanol–water partition coefficient (Wildman–Crippen LogP) is 1.91. The largest absolute Gasteiger partial charge is 0.393 e. The fraction of sp³-hybridized carbons (Fsp3) is 0.643. The Morgan fingerprint density at radius 2 is 2.10 bits per heavy atom. The Morgan fingerprint density at radius 3 is 2.67 bits per heavy atom. The molecule has 0 amide bonds. The maximum Gasteiger partial charge on any atom is 0.311 e. The fourth-order valence-electron chi connectivity index (χ4n) is 3.55. The van der Waals surface area contributed by atoms with Gasteiger partial charge in [0.1, 0.15) is 5.82 Å². The smallest absolute Gasteiger partial charge is 0.311 e. The van der Waals surface area contributed by atoms with Crippen molar-refractivity contribution in [3.8, 4) is 0 Å². The molecule has 2 unspecified atom stereocenters. The predicted molar refractivity (Wildman–Crippen MR) is 79.6 cm³/mol. The molecule has 114 valence electrons. The highest BCUT2D eigenvalue weighted by molar-refractivity contribution is 5.63. The van der Waals surface area contributed by atoms with Gasteiger partial charge in [-0.25, -0.2) is 4.98 Å². The van der Waals surface area contributed by atoms with E-state index in [4.69, 9.17) is 0 Å². The lowest BCUT2D eigenvalue weighted by Gasteiger charge is -2.37. The molecule has 3 rings (SSSR count). The van der Waals surface area contributed by atoms with Crippen molar-refractivity contribution in [2.24, 2.45) is 0 Å². The van der Waals surface area contributed by atoms with Crippen LogP contribution in [0.5, 0.6) is 0 Å². The van der Waals surface area contributed by atoms with E-state index < -0.39 is 0 Å². The van der Waals surface area contributed by atoms with Gasteiger partial charge in [0.15, 0.2) is 0 Å². The molecule has 0 aromatic carbocycles. The van der Waals surface area contributed by atoms with Crippen LogP contribution in [0.25, 0.3) is 0 Å². The third kappa shape index (κ3) is 2.53. The Balaban J connectivity index is 2.00. The van der Waals surface area contributed by atoms with Gasteiger partial charge in [0.25, 0.3) is 0 Å². The first-order chi connectivity index (χ1) is 10.1. The Kier molecular flexibility index (Phi) is 3.67. The number of nitro groups is 1. The van der Waals surface area contributed by atoms with Crippen molar-refractivity contribution >= 4 is 17.3 Å². The van der Waals surface area contributed by atoms with Crippen molar-refractivity contribution in [1.82, 2.24) is 4.98 Å². The molecular weight excluding hydrogens is 272 g/mol. The Bertz CT molecular complexity index is 537. The molecule has 7 heteroatoms. The second-order valence-corrected chi connectivity index (χ2v) is 5.74. The lowest BCUT2D eigenvalue weighted by molar-refractivity contribution is -0.384. The Labute approximate surface area is 123 Å². The number of aromatic nitrogens is 1. The summed E-state index contributed by atoms with van der Waals surface area (Å²) in [4.78, 5) is 17.5. The summed E-state index contributed by atoms with van der Waals surface area (Å²) < 4.78 is 0. The van der Waals surface area contributed by atoms with Gasteiger partial charge in [-0.3, -0.25) is 10.1 Å². The van der Waals surface area contributed by atoms with Gasteiger partial charge in [0, 0.05) is 24.7 Å². The van der Waals surface area contributed by atoms with E-state index in [1.165, 1.54) is 6.07 Å². The van der Waals surface area contributed by atoms with E-state index in [1.807, 2.05) is 6.92 Å². The highest BCUT2D eigenvalue weighted by atomic mass is 16.6. The summed E-state index contributed by atoms with van der Waals surface area (Å²) in [5.74, 6) is 1.10. The molecule has 0 aliphatic carbocycles. The van der Waals surface area contributed by atoms with Gasteiger partial charge in [0.2, 0.25) is 5.82 Å². The first-order valence-electron chi connectivity index (χ1n) is 7.46. The van der Waals surface area contributed by atoms with E-state index in [-0.39, 0.29) is 28.8 Å². The highest BCUT2D eigenvalue weighted by Gasteiger charge is 2.43. The number of rotatable bonds is 4. The standard InChI is InChI=1S/C14H20N4O3/c1-2-15-13-6-5-12(18(20)21)14(16-13)17-9-3-4-10(17)8-11(19)7-9/h5-6,9-11,19H,2-4,7-8H2,1H3,(H,15,16). The summed E-state index contributed by atoms with van der Waals surface area (Å²) in [6.07, 6.45) is 2.97. The SMILES string of the molecule is CCNc1ccc([N+](=O)[O-])c(N2C3CCC2CC(O)C3)n1. The minimum Gasteiger partial charge on any atom is -0.393 e. The number of anilines is 2. The summed E-state index contributed by atoms with van der Waals surface area (Å²) in [5.41, 5.74) is 0.0462. The van der Waals surface area contributed by atoms with Gasteiger partial charge < -0.3 is 15.3 Å². The summed E-state index contributed by atoms with van der Waals surface area (Å²) in [5, 5.41) is 24.3. The van der Waals surface area contributed by atoms with Crippen LogP contribution in [0, 0.1) is 10.1 Å². The van der Waals surface area contributed by atoms with Crippen LogP contribution < -0.4 is 10.2 Å². The summed E-state index contributed by atoms with van der Waals surface area (Å²) in [7, 11) is 0. The highest BCUT2D eigenvalue weighted by Crippen LogP contribution is 2.42. The molecule has 0 spiro atoms. The molecule has 1 aromatic rings. The molecule has 0 saturated carbocycles. The van der Waals surface area contributed by atoms with Crippen LogP contribution in [0.4, 0.5) is 17.3 Å². The Morgan fingerprint density at radius 1 is 1.43 bits per heavy atom. The number of pyridine rings is 1. The van der Waals surface area contributed by atoms with Gasteiger partial charge in [-0.1, -0.05) is 0 Å². The van der Waals surface area contributed by atoms with E-state index in [2.05, 4.69) is 15.2 Å². The zero-order chi connectivity index (χ0) is 15.0. The number of nitrogens with one attached hydrogen (secondary N) is 1. The van der Waals surface area contributed by atoms with Gasteiger partial charge in [-0.2, -0.15) is 0 Å². The molecule has 2 atom stereocenters. The molecular formula is C14H20N4O3. The van der Waals surface area contributed by atoms with Crippen LogP contribution in [-0.4, -0.2) is 39.7 Å². The van der Waals surface area contributed by atoms with Crippen LogP contribution in [0.2, 0.25) is 0 Å². The molecule has 2 aliphatic rings. The average Bonchev–Trinajstić information content (AvgIpc) is 2.71. The summed E-state index contributed by atoms with van der Waals surface area (Å²) >= 11 is 0. The van der Waals surface area contributed by atoms with Crippen molar-refractivity contribution in [1.29, 1.82) is 0 Å². The molecule has 2 saturated heterocycles. The first kappa shape index (κ1) is 14.1. The molecule has 3 heterocycles. The molecule has 2 fully saturated rings. The van der Waals surface area contributed by atoms with Crippen molar-refractivity contribution in [3.63, 3.8) is 0 Å². The quantitative estimate of drug-likeness (QED) is 0.650. The topological polar surface area (TPSA) is 91.5 Å². The lowest BCUT2D eigenvalue weighted by Crippen LogP contribution is -2.45. The maximum atomic E-state index is 11.3. The monoisotopic (exact) mass is 292 g/mol. The molecule has 1 aromatic heterocycles. The molecule has 7 nitrogen and oxygen atoms in total. The number of nitrogens with zero attached hydrogens (tertiary/aromatic N) is 3. The Hall–Kier alpha value is -1.89. The van der Waals surface area contributed by atoms with Crippen LogP contribution in [-0.2, 0) is 0 Å². The van der Waals surface area contributed by atoms with E-state index in [0.29, 0.717) is 24.5 Å². The normalized spacial score (nSPS) is 27.7. The zero-order valence-electron chi connectivity index (χ0n) is 12.0. The van der Waals surface area contributed by atoms with Crippen LogP contribution in [0.3, 0.4) is 0 Å². The van der Waals surface area contributed by atoms with Crippen LogP contribution in [0.1, 0.15) is 32.6 Å². The summed E-state index contributed by atoms with van der Waals surface area (Å²) in [6, 6.07) is 3.47. The van der Waals surface area contributed by atoms with Gasteiger partial charge in [-0.15, -0.1) is 0 Å². The van der Waals surface area contributed by atoms with E-state index in [1.54, 1.807) is 6.07 Å². The van der Waals surface area contributed by atoms with E-state index in [9.17, 15) is 15.2 Å². The third-order valence-corrected chi connectivity index (χ3v) is 4.36. The second kappa shape index (κ2) is 5.48. The minimum absolute atomic E-state index is 0.0462. The first-order valence-corrected chi connectivity index (χ1v) is 7.46.